The lowest BCUT2D eigenvalue weighted by Crippen LogP contribution is -2.04. The third kappa shape index (κ3) is 3.49. The summed E-state index contributed by atoms with van der Waals surface area (Å²) in [6.07, 6.45) is 0. The van der Waals surface area contributed by atoms with Crippen LogP contribution in [-0.4, -0.2) is 15.3 Å². The standard InChI is InChI=1S/C14H9F3O3S/c15-11-4-2-9(6-10(11)14(18)19)21(20)7-8-1-3-12(16)13(17)5-8/h1-6H,7H2,(H,18,19). The number of halogens is 3. The van der Waals surface area contributed by atoms with E-state index in [2.05, 4.69) is 0 Å². The molecule has 2 rings (SSSR count). The Morgan fingerprint density at radius 2 is 1.67 bits per heavy atom. The lowest BCUT2D eigenvalue weighted by atomic mass is 10.2. The fourth-order valence-corrected chi connectivity index (χ4v) is 2.79. The van der Waals surface area contributed by atoms with Crippen LogP contribution in [0.3, 0.4) is 0 Å². The molecular weight excluding hydrogens is 305 g/mol. The third-order valence-corrected chi connectivity index (χ3v) is 4.09. The molecule has 0 saturated carbocycles. The van der Waals surface area contributed by atoms with E-state index in [4.69, 9.17) is 5.11 Å². The Morgan fingerprint density at radius 1 is 1.00 bits per heavy atom. The summed E-state index contributed by atoms with van der Waals surface area (Å²) in [6.45, 7) is 0. The van der Waals surface area contributed by atoms with Gasteiger partial charge in [0.2, 0.25) is 0 Å². The van der Waals surface area contributed by atoms with E-state index in [0.29, 0.717) is 0 Å². The van der Waals surface area contributed by atoms with E-state index in [1.807, 2.05) is 0 Å². The first kappa shape index (κ1) is 15.2. The fourth-order valence-electron chi connectivity index (χ4n) is 1.67. The SMILES string of the molecule is O=C(O)c1cc(S(=O)Cc2ccc(F)c(F)c2)ccc1F. The number of carbonyl (C=O) groups is 1. The smallest absolute Gasteiger partial charge is 0.338 e. The van der Waals surface area contributed by atoms with Crippen LogP contribution in [0.4, 0.5) is 13.2 Å². The van der Waals surface area contributed by atoms with E-state index in [1.165, 1.54) is 12.1 Å². The topological polar surface area (TPSA) is 54.4 Å². The van der Waals surface area contributed by atoms with Crippen LogP contribution in [-0.2, 0) is 16.6 Å². The second-order valence-electron chi connectivity index (χ2n) is 4.19. The summed E-state index contributed by atoms with van der Waals surface area (Å²) in [5.74, 6) is -4.62. The molecule has 1 unspecified atom stereocenters. The Kier molecular flexibility index (Phi) is 4.42. The molecule has 110 valence electrons. The molecule has 3 nitrogen and oxygen atoms in total. The summed E-state index contributed by atoms with van der Waals surface area (Å²) in [4.78, 5) is 10.9. The van der Waals surface area contributed by atoms with Gasteiger partial charge in [-0.05, 0) is 35.9 Å². The molecule has 0 aliphatic heterocycles. The Labute approximate surface area is 120 Å². The van der Waals surface area contributed by atoms with Crippen molar-refractivity contribution in [3.05, 3.63) is 65.0 Å². The summed E-state index contributed by atoms with van der Waals surface area (Å²) >= 11 is 0. The van der Waals surface area contributed by atoms with Crippen molar-refractivity contribution in [3.8, 4) is 0 Å². The van der Waals surface area contributed by atoms with Crippen LogP contribution in [0.5, 0.6) is 0 Å². The minimum Gasteiger partial charge on any atom is -0.478 e. The molecule has 0 amide bonds. The van der Waals surface area contributed by atoms with Gasteiger partial charge in [-0.1, -0.05) is 6.07 Å². The van der Waals surface area contributed by atoms with Crippen LogP contribution >= 0.6 is 0 Å². The zero-order valence-corrected chi connectivity index (χ0v) is 11.3. The largest absolute Gasteiger partial charge is 0.478 e. The van der Waals surface area contributed by atoms with Gasteiger partial charge in [-0.3, -0.25) is 4.21 Å². The summed E-state index contributed by atoms with van der Waals surface area (Å²) in [5, 5.41) is 8.80. The summed E-state index contributed by atoms with van der Waals surface area (Å²) < 4.78 is 51.2. The minimum absolute atomic E-state index is 0.0959. The molecule has 1 atom stereocenters. The van der Waals surface area contributed by atoms with Crippen LogP contribution < -0.4 is 0 Å². The van der Waals surface area contributed by atoms with Crippen molar-refractivity contribution in [2.24, 2.45) is 0 Å². The van der Waals surface area contributed by atoms with Crippen molar-refractivity contribution in [2.45, 2.75) is 10.6 Å². The van der Waals surface area contributed by atoms with Gasteiger partial charge in [0.05, 0.1) is 22.1 Å². The monoisotopic (exact) mass is 314 g/mol. The van der Waals surface area contributed by atoms with Crippen LogP contribution in [0.15, 0.2) is 41.3 Å². The first-order valence-electron chi connectivity index (χ1n) is 5.73. The highest BCUT2D eigenvalue weighted by atomic mass is 32.2. The van der Waals surface area contributed by atoms with Gasteiger partial charge in [0.15, 0.2) is 11.6 Å². The summed E-state index contributed by atoms with van der Waals surface area (Å²) in [7, 11) is -1.70. The maximum atomic E-state index is 13.2. The molecular formula is C14H9F3O3S. The molecule has 1 N–H and O–H groups in total. The number of carboxylic acids is 1. The Morgan fingerprint density at radius 3 is 2.29 bits per heavy atom. The van der Waals surface area contributed by atoms with Crippen LogP contribution in [0.2, 0.25) is 0 Å². The summed E-state index contributed by atoms with van der Waals surface area (Å²) in [6, 6.07) is 6.16. The molecule has 0 aromatic heterocycles. The third-order valence-electron chi connectivity index (χ3n) is 2.71. The van der Waals surface area contributed by atoms with E-state index in [0.717, 1.165) is 24.3 Å². The van der Waals surface area contributed by atoms with Gasteiger partial charge in [-0.2, -0.15) is 0 Å². The van der Waals surface area contributed by atoms with Gasteiger partial charge in [-0.15, -0.1) is 0 Å². The van der Waals surface area contributed by atoms with Crippen molar-refractivity contribution < 1.29 is 27.3 Å². The first-order valence-corrected chi connectivity index (χ1v) is 7.05. The number of carboxylic acid groups (broad SMARTS) is 1. The molecule has 0 saturated heterocycles. The second-order valence-corrected chi connectivity index (χ2v) is 5.64. The molecule has 0 spiro atoms. The van der Waals surface area contributed by atoms with Gasteiger partial charge in [-0.25, -0.2) is 18.0 Å². The molecule has 0 heterocycles. The first-order chi connectivity index (χ1) is 9.88. The second kappa shape index (κ2) is 6.09. The number of hydrogen-bond acceptors (Lipinski definition) is 2. The number of benzene rings is 2. The van der Waals surface area contributed by atoms with Crippen molar-refractivity contribution in [2.75, 3.05) is 0 Å². The van der Waals surface area contributed by atoms with Gasteiger partial charge in [0, 0.05) is 4.90 Å². The zero-order chi connectivity index (χ0) is 15.6. The molecule has 0 aliphatic rings. The zero-order valence-electron chi connectivity index (χ0n) is 10.5. The maximum Gasteiger partial charge on any atom is 0.338 e. The maximum absolute atomic E-state index is 13.2. The van der Waals surface area contributed by atoms with Gasteiger partial charge < -0.3 is 5.11 Å². The highest BCUT2D eigenvalue weighted by Crippen LogP contribution is 2.18. The molecule has 0 bridgehead atoms. The Hall–Kier alpha value is -2.15. The van der Waals surface area contributed by atoms with Crippen LogP contribution in [0, 0.1) is 17.5 Å². The molecule has 2 aromatic carbocycles. The fraction of sp³-hybridized carbons (Fsp3) is 0.0714. The van der Waals surface area contributed by atoms with E-state index < -0.39 is 39.8 Å². The molecule has 21 heavy (non-hydrogen) atoms. The molecule has 2 aromatic rings. The van der Waals surface area contributed by atoms with Crippen LogP contribution in [0.25, 0.3) is 0 Å². The van der Waals surface area contributed by atoms with Gasteiger partial charge >= 0.3 is 5.97 Å². The highest BCUT2D eigenvalue weighted by molar-refractivity contribution is 7.84. The average Bonchev–Trinajstić information content (AvgIpc) is 2.43. The van der Waals surface area contributed by atoms with Crippen molar-refractivity contribution in [3.63, 3.8) is 0 Å². The minimum atomic E-state index is -1.70. The number of rotatable bonds is 4. The van der Waals surface area contributed by atoms with E-state index in [1.54, 1.807) is 0 Å². The highest BCUT2D eigenvalue weighted by Gasteiger charge is 2.14. The van der Waals surface area contributed by atoms with E-state index >= 15 is 0 Å². The lowest BCUT2D eigenvalue weighted by Gasteiger charge is -2.05. The van der Waals surface area contributed by atoms with Crippen molar-refractivity contribution >= 4 is 16.8 Å². The van der Waals surface area contributed by atoms with Crippen LogP contribution in [0.1, 0.15) is 15.9 Å². The van der Waals surface area contributed by atoms with E-state index in [-0.39, 0.29) is 16.2 Å². The molecule has 0 aliphatic carbocycles. The lowest BCUT2D eigenvalue weighted by molar-refractivity contribution is 0.0691. The Balaban J connectivity index is 2.26. The summed E-state index contributed by atoms with van der Waals surface area (Å²) in [5.41, 5.74) is -0.306. The van der Waals surface area contributed by atoms with Crippen molar-refractivity contribution in [1.29, 1.82) is 0 Å². The predicted octanol–water partition coefficient (Wildman–Crippen LogP) is 3.11. The van der Waals surface area contributed by atoms with Crippen molar-refractivity contribution in [1.82, 2.24) is 0 Å². The Bertz CT molecular complexity index is 731. The average molecular weight is 314 g/mol. The number of hydrogen-bond donors (Lipinski definition) is 1. The quantitative estimate of drug-likeness (QED) is 0.943. The normalized spacial score (nSPS) is 12.1. The number of aromatic carboxylic acids is 1. The van der Waals surface area contributed by atoms with Gasteiger partial charge in [0.25, 0.3) is 0 Å². The molecule has 0 radical (unpaired) electrons. The molecule has 7 heteroatoms. The molecule has 0 fully saturated rings. The van der Waals surface area contributed by atoms with E-state index in [9.17, 15) is 22.2 Å². The predicted molar refractivity (Wildman–Crippen MR) is 69.8 cm³/mol. The van der Waals surface area contributed by atoms with Gasteiger partial charge in [0.1, 0.15) is 5.82 Å².